The van der Waals surface area contributed by atoms with Crippen molar-refractivity contribution in [3.8, 4) is 0 Å². The van der Waals surface area contributed by atoms with Crippen molar-refractivity contribution >= 4 is 11.8 Å². The van der Waals surface area contributed by atoms with E-state index < -0.39 is 0 Å². The molecule has 3 rings (SSSR count). The first-order valence-corrected chi connectivity index (χ1v) is 6.42. The van der Waals surface area contributed by atoms with Crippen LogP contribution in [0.15, 0.2) is 0 Å². The summed E-state index contributed by atoms with van der Waals surface area (Å²) in [4.78, 5) is 25.1. The summed E-state index contributed by atoms with van der Waals surface area (Å²) in [5, 5.41) is 0. The molecule has 4 unspecified atom stereocenters. The van der Waals surface area contributed by atoms with Gasteiger partial charge in [-0.2, -0.15) is 0 Å². The number of carbonyl (C=O) groups is 2. The van der Waals surface area contributed by atoms with Crippen LogP contribution in [-0.4, -0.2) is 41.5 Å². The summed E-state index contributed by atoms with van der Waals surface area (Å²) in [6.45, 7) is 0.723. The zero-order valence-corrected chi connectivity index (χ0v) is 9.80. The molecule has 2 aliphatic heterocycles. The summed E-state index contributed by atoms with van der Waals surface area (Å²) in [6, 6.07) is -0.299. The Bertz CT molecular complexity index is 342. The van der Waals surface area contributed by atoms with Gasteiger partial charge in [0.2, 0.25) is 11.8 Å². The molecule has 3 fully saturated rings. The van der Waals surface area contributed by atoms with Crippen LogP contribution in [0.3, 0.4) is 0 Å². The molecule has 1 aliphatic carbocycles. The van der Waals surface area contributed by atoms with Gasteiger partial charge in [0, 0.05) is 31.4 Å². The van der Waals surface area contributed by atoms with Crippen molar-refractivity contribution in [2.24, 2.45) is 11.7 Å². The summed E-state index contributed by atoms with van der Waals surface area (Å²) >= 11 is 0. The van der Waals surface area contributed by atoms with Gasteiger partial charge in [-0.3, -0.25) is 14.5 Å². The maximum atomic E-state index is 11.9. The van der Waals surface area contributed by atoms with Gasteiger partial charge in [-0.05, 0) is 19.3 Å². The molecule has 3 aliphatic rings. The Labute approximate surface area is 100 Å². The van der Waals surface area contributed by atoms with Gasteiger partial charge in [0.15, 0.2) is 0 Å². The topological polar surface area (TPSA) is 72.6 Å². The maximum Gasteiger partial charge on any atom is 0.229 e. The van der Waals surface area contributed by atoms with Crippen molar-refractivity contribution in [2.75, 3.05) is 6.61 Å². The minimum atomic E-state index is -0.208. The van der Waals surface area contributed by atoms with E-state index in [0.29, 0.717) is 25.2 Å². The number of amides is 2. The normalized spacial score (nSPS) is 42.1. The van der Waals surface area contributed by atoms with E-state index in [0.717, 1.165) is 19.4 Å². The summed E-state index contributed by atoms with van der Waals surface area (Å²) in [6.07, 6.45) is 3.68. The minimum Gasteiger partial charge on any atom is -0.376 e. The second-order valence-corrected chi connectivity index (χ2v) is 5.22. The van der Waals surface area contributed by atoms with Gasteiger partial charge < -0.3 is 10.5 Å². The molecule has 4 atom stereocenters. The number of piperidine rings is 1. The van der Waals surface area contributed by atoms with Gasteiger partial charge in [0.1, 0.15) is 0 Å². The van der Waals surface area contributed by atoms with Crippen LogP contribution >= 0.6 is 0 Å². The van der Waals surface area contributed by atoms with E-state index in [1.54, 1.807) is 0 Å². The number of nitrogens with two attached hydrogens (primary N) is 1. The Kier molecular flexibility index (Phi) is 2.67. The number of hydrogen-bond acceptors (Lipinski definition) is 4. The van der Waals surface area contributed by atoms with Gasteiger partial charge in [-0.15, -0.1) is 0 Å². The van der Waals surface area contributed by atoms with Gasteiger partial charge in [0.25, 0.3) is 0 Å². The number of rotatable bonds is 1. The first kappa shape index (κ1) is 11.2. The average Bonchev–Trinajstić information content (AvgIpc) is 2.33. The minimum absolute atomic E-state index is 0.00949. The zero-order chi connectivity index (χ0) is 12.0. The van der Waals surface area contributed by atoms with Crippen molar-refractivity contribution in [3.05, 3.63) is 0 Å². The molecule has 2 saturated heterocycles. The van der Waals surface area contributed by atoms with Crippen LogP contribution in [0.4, 0.5) is 0 Å². The lowest BCUT2D eigenvalue weighted by molar-refractivity contribution is -0.180. The highest BCUT2D eigenvalue weighted by atomic mass is 16.5. The van der Waals surface area contributed by atoms with E-state index in [1.807, 2.05) is 0 Å². The molecule has 2 amide bonds. The number of fused-ring (bicyclic) bond motifs is 1. The molecule has 94 valence electrons. The van der Waals surface area contributed by atoms with Gasteiger partial charge in [-0.25, -0.2) is 0 Å². The van der Waals surface area contributed by atoms with Crippen molar-refractivity contribution in [1.29, 1.82) is 0 Å². The van der Waals surface area contributed by atoms with Crippen molar-refractivity contribution in [3.63, 3.8) is 0 Å². The molecule has 5 nitrogen and oxygen atoms in total. The fourth-order valence-corrected chi connectivity index (χ4v) is 3.34. The molecule has 0 spiro atoms. The quantitative estimate of drug-likeness (QED) is 0.654. The Hall–Kier alpha value is -0.940. The second-order valence-electron chi connectivity index (χ2n) is 5.22. The van der Waals surface area contributed by atoms with Crippen LogP contribution in [-0.2, 0) is 14.3 Å². The summed E-state index contributed by atoms with van der Waals surface area (Å²) < 4.78 is 5.68. The highest BCUT2D eigenvalue weighted by Crippen LogP contribution is 2.41. The highest BCUT2D eigenvalue weighted by Gasteiger charge is 2.55. The molecule has 0 aromatic heterocycles. The third-order valence-electron chi connectivity index (χ3n) is 4.26. The average molecular weight is 238 g/mol. The number of hydrogen-bond donors (Lipinski definition) is 1. The fraction of sp³-hybridized carbons (Fsp3) is 0.833. The third-order valence-corrected chi connectivity index (χ3v) is 4.26. The van der Waals surface area contributed by atoms with Crippen molar-refractivity contribution in [1.82, 2.24) is 4.90 Å². The van der Waals surface area contributed by atoms with Crippen molar-refractivity contribution < 1.29 is 14.3 Å². The van der Waals surface area contributed by atoms with Crippen LogP contribution in [0.25, 0.3) is 0 Å². The molecule has 2 N–H and O–H groups in total. The van der Waals surface area contributed by atoms with Gasteiger partial charge in [0.05, 0.1) is 12.1 Å². The third kappa shape index (κ3) is 1.60. The number of imide groups is 1. The lowest BCUT2D eigenvalue weighted by Gasteiger charge is -2.55. The summed E-state index contributed by atoms with van der Waals surface area (Å²) in [7, 11) is 0. The van der Waals surface area contributed by atoms with E-state index in [2.05, 4.69) is 0 Å². The molecule has 0 aromatic carbocycles. The molecule has 17 heavy (non-hydrogen) atoms. The van der Waals surface area contributed by atoms with E-state index in [-0.39, 0.29) is 30.0 Å². The molecular formula is C12H18N2O3. The molecule has 1 saturated carbocycles. The summed E-state index contributed by atoms with van der Waals surface area (Å²) in [5.74, 6) is 0.180. The molecule has 2 heterocycles. The first-order valence-electron chi connectivity index (χ1n) is 6.42. The number of nitrogens with zero attached hydrogens (tertiary/aromatic N) is 1. The SMILES string of the molecule is NC1C2CCCOC2C1N1C(=O)CCCC1=O. The van der Waals surface area contributed by atoms with Crippen LogP contribution in [0.2, 0.25) is 0 Å². The smallest absolute Gasteiger partial charge is 0.229 e. The standard InChI is InChI=1S/C12H18N2O3/c13-10-7-3-2-6-17-12(7)11(10)14-8(15)4-1-5-9(14)16/h7,10-12H,1-6,13H2. The molecule has 0 aromatic rings. The largest absolute Gasteiger partial charge is 0.376 e. The Morgan fingerprint density at radius 3 is 2.59 bits per heavy atom. The van der Waals surface area contributed by atoms with Gasteiger partial charge in [-0.1, -0.05) is 0 Å². The highest BCUT2D eigenvalue weighted by molar-refractivity contribution is 5.98. The van der Waals surface area contributed by atoms with E-state index in [9.17, 15) is 9.59 Å². The van der Waals surface area contributed by atoms with Gasteiger partial charge >= 0.3 is 0 Å². The predicted octanol–water partition coefficient (Wildman–Crippen LogP) is 0.0302. The zero-order valence-electron chi connectivity index (χ0n) is 9.80. The van der Waals surface area contributed by atoms with E-state index in [4.69, 9.17) is 10.5 Å². The lowest BCUT2D eigenvalue weighted by Crippen LogP contribution is -2.74. The summed E-state index contributed by atoms with van der Waals surface area (Å²) in [5.41, 5.74) is 6.11. The van der Waals surface area contributed by atoms with Crippen LogP contribution in [0.1, 0.15) is 32.1 Å². The monoisotopic (exact) mass is 238 g/mol. The van der Waals surface area contributed by atoms with Crippen LogP contribution in [0.5, 0.6) is 0 Å². The van der Waals surface area contributed by atoms with Crippen LogP contribution < -0.4 is 5.73 Å². The maximum absolute atomic E-state index is 11.9. The fourth-order valence-electron chi connectivity index (χ4n) is 3.34. The molecule has 0 radical (unpaired) electrons. The number of likely N-dealkylation sites (tertiary alicyclic amines) is 1. The molecular weight excluding hydrogens is 220 g/mol. The number of carbonyl (C=O) groups excluding carboxylic acids is 2. The Morgan fingerprint density at radius 1 is 1.18 bits per heavy atom. The Morgan fingerprint density at radius 2 is 1.88 bits per heavy atom. The Balaban J connectivity index is 1.79. The predicted molar refractivity (Wildman–Crippen MR) is 59.9 cm³/mol. The van der Waals surface area contributed by atoms with E-state index in [1.165, 1.54) is 4.90 Å². The number of ether oxygens (including phenoxy) is 1. The van der Waals surface area contributed by atoms with Crippen molar-refractivity contribution in [2.45, 2.75) is 50.3 Å². The first-order chi connectivity index (χ1) is 8.20. The molecule has 5 heteroatoms. The van der Waals surface area contributed by atoms with E-state index >= 15 is 0 Å². The lowest BCUT2D eigenvalue weighted by atomic mass is 9.67. The van der Waals surface area contributed by atoms with Crippen LogP contribution in [0, 0.1) is 5.92 Å². The molecule has 0 bridgehead atoms. The second kappa shape index (κ2) is 4.07.